The molecule has 0 spiro atoms. The van der Waals surface area contributed by atoms with Gasteiger partial charge in [0.05, 0.1) is 0 Å². The van der Waals surface area contributed by atoms with Crippen molar-refractivity contribution in [3.05, 3.63) is 29.8 Å². The van der Waals surface area contributed by atoms with E-state index in [-0.39, 0.29) is 11.3 Å². The zero-order chi connectivity index (χ0) is 16.0. The number of hydrogen-bond acceptors (Lipinski definition) is 4. The van der Waals surface area contributed by atoms with Crippen molar-refractivity contribution < 1.29 is 24.2 Å². The van der Waals surface area contributed by atoms with Gasteiger partial charge in [0, 0.05) is 5.54 Å². The number of carboxylic acid groups (broad SMARTS) is 1. The average Bonchev–Trinajstić information content (AvgIpc) is 2.34. The van der Waals surface area contributed by atoms with Crippen molar-refractivity contribution in [3.8, 4) is 5.75 Å². The number of para-hydroxylation sites is 1. The summed E-state index contributed by atoms with van der Waals surface area (Å²) in [5.41, 5.74) is -0.523. The van der Waals surface area contributed by atoms with Crippen LogP contribution in [0.1, 0.15) is 31.1 Å². The standard InChI is InChI=1S/C14H18N2O5/c1-14(2,3)16-13(20)15-11(17)8-21-10-7-5-4-6-9(10)12(18)19/h4-7H,8H2,1-3H3,(H,18,19)(H2,15,16,17,20). The number of nitrogens with one attached hydrogen (secondary N) is 2. The number of carbonyl (C=O) groups is 3. The Bertz CT molecular complexity index is 549. The summed E-state index contributed by atoms with van der Waals surface area (Å²) in [7, 11) is 0. The average molecular weight is 294 g/mol. The van der Waals surface area contributed by atoms with Crippen LogP contribution in [-0.4, -0.2) is 35.2 Å². The largest absolute Gasteiger partial charge is 0.483 e. The Morgan fingerprint density at radius 1 is 1.19 bits per heavy atom. The fourth-order valence-electron chi connectivity index (χ4n) is 1.45. The van der Waals surface area contributed by atoms with Crippen molar-refractivity contribution in [2.75, 3.05) is 6.61 Å². The molecular formula is C14H18N2O5. The van der Waals surface area contributed by atoms with E-state index in [1.54, 1.807) is 32.9 Å². The zero-order valence-corrected chi connectivity index (χ0v) is 12.1. The monoisotopic (exact) mass is 294 g/mol. The van der Waals surface area contributed by atoms with Gasteiger partial charge in [0.1, 0.15) is 11.3 Å². The first kappa shape index (κ1) is 16.5. The van der Waals surface area contributed by atoms with Crippen molar-refractivity contribution in [1.82, 2.24) is 10.6 Å². The lowest BCUT2D eigenvalue weighted by Crippen LogP contribution is -2.49. The molecule has 0 unspecified atom stereocenters. The van der Waals surface area contributed by atoms with Gasteiger partial charge in [0.2, 0.25) is 0 Å². The Balaban J connectivity index is 2.54. The van der Waals surface area contributed by atoms with Gasteiger partial charge in [-0.25, -0.2) is 9.59 Å². The van der Waals surface area contributed by atoms with Crippen molar-refractivity contribution in [3.63, 3.8) is 0 Å². The number of urea groups is 1. The molecule has 0 heterocycles. The summed E-state index contributed by atoms with van der Waals surface area (Å²) in [5.74, 6) is -1.76. The molecule has 0 fully saturated rings. The van der Waals surface area contributed by atoms with Gasteiger partial charge in [-0.15, -0.1) is 0 Å². The molecule has 7 heteroatoms. The smallest absolute Gasteiger partial charge is 0.339 e. The normalized spacial score (nSPS) is 10.6. The van der Waals surface area contributed by atoms with E-state index >= 15 is 0 Å². The summed E-state index contributed by atoms with van der Waals surface area (Å²) in [6.07, 6.45) is 0. The van der Waals surface area contributed by atoms with Crippen molar-refractivity contribution in [2.24, 2.45) is 0 Å². The summed E-state index contributed by atoms with van der Waals surface area (Å²) in [5, 5.41) is 13.6. The van der Waals surface area contributed by atoms with Crippen molar-refractivity contribution >= 4 is 17.9 Å². The van der Waals surface area contributed by atoms with Gasteiger partial charge < -0.3 is 15.2 Å². The highest BCUT2D eigenvalue weighted by atomic mass is 16.5. The van der Waals surface area contributed by atoms with E-state index in [2.05, 4.69) is 10.6 Å². The Morgan fingerprint density at radius 3 is 2.38 bits per heavy atom. The van der Waals surface area contributed by atoms with Gasteiger partial charge in [-0.1, -0.05) is 12.1 Å². The third kappa shape index (κ3) is 5.94. The molecule has 1 aromatic carbocycles. The number of benzene rings is 1. The highest BCUT2D eigenvalue weighted by molar-refractivity contribution is 5.95. The molecule has 0 bridgehead atoms. The number of ether oxygens (including phenoxy) is 1. The number of hydrogen-bond donors (Lipinski definition) is 3. The van der Waals surface area contributed by atoms with Gasteiger partial charge in [0.15, 0.2) is 6.61 Å². The summed E-state index contributed by atoms with van der Waals surface area (Å²) >= 11 is 0. The number of carboxylic acids is 1. The Morgan fingerprint density at radius 2 is 1.81 bits per heavy atom. The van der Waals surface area contributed by atoms with Gasteiger partial charge in [-0.05, 0) is 32.9 Å². The van der Waals surface area contributed by atoms with Crippen molar-refractivity contribution in [2.45, 2.75) is 26.3 Å². The first-order chi connectivity index (χ1) is 9.69. The quantitative estimate of drug-likeness (QED) is 0.778. The van der Waals surface area contributed by atoms with Crippen LogP contribution < -0.4 is 15.4 Å². The maximum atomic E-state index is 11.5. The minimum Gasteiger partial charge on any atom is -0.483 e. The fourth-order valence-corrected chi connectivity index (χ4v) is 1.45. The van der Waals surface area contributed by atoms with Gasteiger partial charge in [-0.3, -0.25) is 10.1 Å². The van der Waals surface area contributed by atoms with Crippen LogP contribution >= 0.6 is 0 Å². The van der Waals surface area contributed by atoms with Crippen LogP contribution in [0.3, 0.4) is 0 Å². The van der Waals surface area contributed by atoms with E-state index in [0.29, 0.717) is 0 Å². The molecule has 0 aliphatic carbocycles. The molecule has 7 nitrogen and oxygen atoms in total. The van der Waals surface area contributed by atoms with E-state index < -0.39 is 30.1 Å². The molecule has 21 heavy (non-hydrogen) atoms. The highest BCUT2D eigenvalue weighted by Crippen LogP contribution is 2.17. The van der Waals surface area contributed by atoms with Crippen LogP contribution in [0.4, 0.5) is 4.79 Å². The van der Waals surface area contributed by atoms with E-state index in [4.69, 9.17) is 9.84 Å². The highest BCUT2D eigenvalue weighted by Gasteiger charge is 2.16. The predicted octanol–water partition coefficient (Wildman–Crippen LogP) is 1.39. The zero-order valence-electron chi connectivity index (χ0n) is 12.1. The summed E-state index contributed by atoms with van der Waals surface area (Å²) in [4.78, 5) is 34.0. The van der Waals surface area contributed by atoms with Crippen LogP contribution in [0, 0.1) is 0 Å². The summed E-state index contributed by atoms with van der Waals surface area (Å²) in [6, 6.07) is 5.30. The van der Waals surface area contributed by atoms with E-state index in [0.717, 1.165) is 0 Å². The van der Waals surface area contributed by atoms with E-state index in [9.17, 15) is 14.4 Å². The van der Waals surface area contributed by atoms with Crippen LogP contribution in [0.25, 0.3) is 0 Å². The van der Waals surface area contributed by atoms with Gasteiger partial charge >= 0.3 is 12.0 Å². The molecule has 0 saturated heterocycles. The maximum absolute atomic E-state index is 11.5. The van der Waals surface area contributed by atoms with Crippen LogP contribution in [0.5, 0.6) is 5.75 Å². The van der Waals surface area contributed by atoms with E-state index in [1.807, 2.05) is 0 Å². The second-order valence-electron chi connectivity index (χ2n) is 5.34. The Hall–Kier alpha value is -2.57. The Labute approximate surface area is 122 Å². The second kappa shape index (κ2) is 6.74. The molecule has 0 aliphatic heterocycles. The lowest BCUT2D eigenvalue weighted by molar-refractivity contribution is -0.122. The maximum Gasteiger partial charge on any atom is 0.339 e. The van der Waals surface area contributed by atoms with Gasteiger partial charge in [-0.2, -0.15) is 0 Å². The number of carbonyl (C=O) groups excluding carboxylic acids is 2. The SMILES string of the molecule is CC(C)(C)NC(=O)NC(=O)COc1ccccc1C(=O)O. The molecule has 114 valence electrons. The number of amides is 3. The fraction of sp³-hybridized carbons (Fsp3) is 0.357. The molecule has 0 atom stereocenters. The van der Waals surface area contributed by atoms with Crippen LogP contribution in [0.15, 0.2) is 24.3 Å². The van der Waals surface area contributed by atoms with Gasteiger partial charge in [0.25, 0.3) is 5.91 Å². The molecule has 0 aliphatic rings. The minimum absolute atomic E-state index is 0.0514. The number of rotatable bonds is 4. The summed E-state index contributed by atoms with van der Waals surface area (Å²) < 4.78 is 5.12. The molecule has 3 amide bonds. The molecule has 0 aromatic heterocycles. The number of aromatic carboxylic acids is 1. The first-order valence-corrected chi connectivity index (χ1v) is 6.26. The lowest BCUT2D eigenvalue weighted by atomic mass is 10.1. The van der Waals surface area contributed by atoms with Crippen molar-refractivity contribution in [1.29, 1.82) is 0 Å². The second-order valence-corrected chi connectivity index (χ2v) is 5.34. The molecule has 0 radical (unpaired) electrons. The molecule has 1 aromatic rings. The summed E-state index contributed by atoms with van der Waals surface area (Å²) in [6.45, 7) is 4.87. The van der Waals surface area contributed by atoms with Crippen LogP contribution in [-0.2, 0) is 4.79 Å². The minimum atomic E-state index is -1.16. The topological polar surface area (TPSA) is 105 Å². The first-order valence-electron chi connectivity index (χ1n) is 6.26. The van der Waals surface area contributed by atoms with E-state index in [1.165, 1.54) is 12.1 Å². The molecular weight excluding hydrogens is 276 g/mol. The van der Waals surface area contributed by atoms with Crippen LogP contribution in [0.2, 0.25) is 0 Å². The predicted molar refractivity (Wildman–Crippen MR) is 75.3 cm³/mol. The Kier molecular flexibility index (Phi) is 5.29. The third-order valence-electron chi connectivity index (χ3n) is 2.22. The molecule has 3 N–H and O–H groups in total. The number of imide groups is 1. The molecule has 0 saturated carbocycles. The third-order valence-corrected chi connectivity index (χ3v) is 2.22. The molecule has 1 rings (SSSR count). The lowest BCUT2D eigenvalue weighted by Gasteiger charge is -2.20.